The van der Waals surface area contributed by atoms with Gasteiger partial charge < -0.3 is 19.7 Å². The molecule has 8 nitrogen and oxygen atoms in total. The average Bonchev–Trinajstić information content (AvgIpc) is 3.40. The van der Waals surface area contributed by atoms with Crippen LogP contribution in [-0.2, 0) is 17.5 Å². The molecule has 0 aliphatic carbocycles. The maximum Gasteiger partial charge on any atom is 0.416 e. The molecule has 1 saturated heterocycles. The number of ether oxygens (including phenoxy) is 2. The molecule has 0 bridgehead atoms. The molecule has 244 valence electrons. The minimum absolute atomic E-state index is 0.0759. The summed E-state index contributed by atoms with van der Waals surface area (Å²) in [5.41, 5.74) is 1.67. The Hall–Kier alpha value is -4.38. The van der Waals surface area contributed by atoms with Crippen LogP contribution >= 0.6 is 0 Å². The zero-order valence-corrected chi connectivity index (χ0v) is 26.6. The number of carbonyl (C=O) groups is 2. The van der Waals surface area contributed by atoms with Gasteiger partial charge in [-0.3, -0.25) is 14.3 Å². The Morgan fingerprint density at radius 2 is 1.57 bits per heavy atom. The molecule has 5 rings (SSSR count). The van der Waals surface area contributed by atoms with Crippen LogP contribution in [0.15, 0.2) is 66.9 Å². The Morgan fingerprint density at radius 3 is 2.15 bits per heavy atom. The third-order valence-corrected chi connectivity index (χ3v) is 7.98. The van der Waals surface area contributed by atoms with Crippen LogP contribution in [0.1, 0.15) is 72.4 Å². The van der Waals surface area contributed by atoms with E-state index in [1.165, 1.54) is 12.1 Å². The number of halogens is 3. The van der Waals surface area contributed by atoms with Crippen LogP contribution in [0.5, 0.6) is 11.5 Å². The third kappa shape index (κ3) is 8.06. The number of hydrogen-bond acceptors (Lipinski definition) is 5. The summed E-state index contributed by atoms with van der Waals surface area (Å²) in [5, 5.41) is 8.59. The molecular formula is C35H39F3N4O4. The molecule has 3 aromatic carbocycles. The first-order chi connectivity index (χ1) is 21.7. The van der Waals surface area contributed by atoms with Crippen molar-refractivity contribution in [3.8, 4) is 11.5 Å². The van der Waals surface area contributed by atoms with Crippen LogP contribution < -0.4 is 10.1 Å². The highest BCUT2D eigenvalue weighted by Crippen LogP contribution is 2.32. The first-order valence-corrected chi connectivity index (χ1v) is 15.4. The summed E-state index contributed by atoms with van der Waals surface area (Å²) >= 11 is 0. The summed E-state index contributed by atoms with van der Waals surface area (Å²) in [6.45, 7) is 11.5. The van der Waals surface area contributed by atoms with E-state index in [1.807, 2.05) is 56.5 Å². The summed E-state index contributed by atoms with van der Waals surface area (Å²) in [5.74, 6) is 0.775. The topological polar surface area (TPSA) is 85.7 Å². The molecule has 46 heavy (non-hydrogen) atoms. The lowest BCUT2D eigenvalue weighted by molar-refractivity contribution is -0.137. The van der Waals surface area contributed by atoms with Gasteiger partial charge in [-0.25, -0.2) is 0 Å². The van der Waals surface area contributed by atoms with Gasteiger partial charge in [0.2, 0.25) is 0 Å². The monoisotopic (exact) mass is 636 g/mol. The van der Waals surface area contributed by atoms with E-state index in [2.05, 4.69) is 5.32 Å². The Kier molecular flexibility index (Phi) is 9.44. The van der Waals surface area contributed by atoms with E-state index in [0.29, 0.717) is 42.4 Å². The molecule has 1 unspecified atom stereocenters. The number of nitrogens with one attached hydrogen (secondary N) is 1. The maximum atomic E-state index is 13.2. The molecule has 0 spiro atoms. The molecule has 2 amide bonds. The minimum atomic E-state index is -4.41. The van der Waals surface area contributed by atoms with Crippen molar-refractivity contribution in [2.24, 2.45) is 5.92 Å². The number of fused-ring (bicyclic) bond motifs is 1. The van der Waals surface area contributed by atoms with Crippen molar-refractivity contribution >= 4 is 22.7 Å². The van der Waals surface area contributed by atoms with Gasteiger partial charge in [-0.05, 0) is 120 Å². The summed E-state index contributed by atoms with van der Waals surface area (Å²) in [7, 11) is 0. The molecule has 2 heterocycles. The highest BCUT2D eigenvalue weighted by molar-refractivity contribution is 6.00. The second-order valence-electron chi connectivity index (χ2n) is 12.8. The first kappa shape index (κ1) is 33.0. The standard InChI is InChI=1S/C35H39F3N4O4/c1-22-29(32(43)39-23(2)46-34(3,4)5)14-15-31-30(22)21-42(40-31)20-24-16-18-41(19-17-24)33(44)25-6-10-27(11-7-25)45-28-12-8-26(9-13-28)35(36,37)38/h6-15,21,23-24H,16-20H2,1-5H3,(H,39,43). The lowest BCUT2D eigenvalue weighted by Crippen LogP contribution is -2.39. The van der Waals surface area contributed by atoms with E-state index >= 15 is 0 Å². The van der Waals surface area contributed by atoms with Gasteiger partial charge in [0, 0.05) is 42.3 Å². The second-order valence-corrected chi connectivity index (χ2v) is 12.8. The third-order valence-electron chi connectivity index (χ3n) is 7.98. The second kappa shape index (κ2) is 13.2. The van der Waals surface area contributed by atoms with E-state index in [0.717, 1.165) is 41.4 Å². The van der Waals surface area contributed by atoms with Gasteiger partial charge >= 0.3 is 6.18 Å². The zero-order valence-electron chi connectivity index (χ0n) is 26.6. The number of nitrogens with zero attached hydrogens (tertiary/aromatic N) is 3. The summed E-state index contributed by atoms with van der Waals surface area (Å²) in [4.78, 5) is 28.0. The van der Waals surface area contributed by atoms with E-state index in [9.17, 15) is 22.8 Å². The number of hydrogen-bond donors (Lipinski definition) is 1. The van der Waals surface area contributed by atoms with Gasteiger partial charge in [0.15, 0.2) is 0 Å². The smallest absolute Gasteiger partial charge is 0.416 e. The van der Waals surface area contributed by atoms with E-state index in [4.69, 9.17) is 14.6 Å². The van der Waals surface area contributed by atoms with Crippen molar-refractivity contribution < 1.29 is 32.2 Å². The zero-order chi connectivity index (χ0) is 33.2. The molecule has 1 aliphatic heterocycles. The molecule has 1 aromatic heterocycles. The number of aromatic nitrogens is 2. The van der Waals surface area contributed by atoms with Crippen LogP contribution in [0.3, 0.4) is 0 Å². The molecule has 1 N–H and O–H groups in total. The van der Waals surface area contributed by atoms with Crippen molar-refractivity contribution in [3.05, 3.63) is 89.1 Å². The molecule has 1 fully saturated rings. The highest BCUT2D eigenvalue weighted by Gasteiger charge is 2.30. The van der Waals surface area contributed by atoms with Crippen molar-refractivity contribution in [2.75, 3.05) is 13.1 Å². The number of likely N-dealkylation sites (tertiary alicyclic amines) is 1. The summed E-state index contributed by atoms with van der Waals surface area (Å²) in [6, 6.07) is 14.7. The highest BCUT2D eigenvalue weighted by atomic mass is 19.4. The number of alkyl halides is 3. The molecule has 1 atom stereocenters. The Balaban J connectivity index is 1.14. The molecule has 0 saturated carbocycles. The Labute approximate surface area is 266 Å². The van der Waals surface area contributed by atoms with Crippen LogP contribution in [0.4, 0.5) is 13.2 Å². The van der Waals surface area contributed by atoms with Crippen molar-refractivity contribution in [2.45, 2.75) is 72.0 Å². The van der Waals surface area contributed by atoms with Gasteiger partial charge in [-0.1, -0.05) is 0 Å². The van der Waals surface area contributed by atoms with E-state index < -0.39 is 18.0 Å². The minimum Gasteiger partial charge on any atom is -0.457 e. The van der Waals surface area contributed by atoms with Crippen LogP contribution in [0, 0.1) is 12.8 Å². The van der Waals surface area contributed by atoms with Crippen LogP contribution in [0.25, 0.3) is 10.9 Å². The van der Waals surface area contributed by atoms with Gasteiger partial charge in [-0.15, -0.1) is 0 Å². The molecule has 1 aliphatic rings. The van der Waals surface area contributed by atoms with E-state index in [-0.39, 0.29) is 23.2 Å². The quantitative estimate of drug-likeness (QED) is 0.201. The molecular weight excluding hydrogens is 597 g/mol. The lowest BCUT2D eigenvalue weighted by Gasteiger charge is -2.32. The number of rotatable bonds is 8. The van der Waals surface area contributed by atoms with Gasteiger partial charge in [0.1, 0.15) is 17.7 Å². The predicted octanol–water partition coefficient (Wildman–Crippen LogP) is 7.60. The number of carbonyl (C=O) groups excluding carboxylic acids is 2. The largest absolute Gasteiger partial charge is 0.457 e. The van der Waals surface area contributed by atoms with Gasteiger partial charge in [0.05, 0.1) is 16.7 Å². The average molecular weight is 637 g/mol. The Bertz CT molecular complexity index is 1680. The Morgan fingerprint density at radius 1 is 0.957 bits per heavy atom. The number of amides is 2. The fraction of sp³-hybridized carbons (Fsp3) is 0.400. The number of piperidine rings is 1. The maximum absolute atomic E-state index is 13.2. The molecule has 0 radical (unpaired) electrons. The van der Waals surface area contributed by atoms with Crippen molar-refractivity contribution in [1.82, 2.24) is 20.0 Å². The first-order valence-electron chi connectivity index (χ1n) is 15.4. The lowest BCUT2D eigenvalue weighted by atomic mass is 9.96. The summed E-state index contributed by atoms with van der Waals surface area (Å²) in [6.07, 6.45) is -1.20. The number of benzene rings is 3. The number of aryl methyl sites for hydroxylation is 1. The van der Waals surface area contributed by atoms with Crippen molar-refractivity contribution in [3.63, 3.8) is 0 Å². The van der Waals surface area contributed by atoms with Crippen molar-refractivity contribution in [1.29, 1.82) is 0 Å². The van der Waals surface area contributed by atoms with E-state index in [1.54, 1.807) is 30.3 Å². The SMILES string of the molecule is Cc1c(C(=O)NC(C)OC(C)(C)C)ccc2nn(CC3CCN(C(=O)c4ccc(Oc5ccc(C(F)(F)F)cc5)cc4)CC3)cc12. The predicted molar refractivity (Wildman–Crippen MR) is 169 cm³/mol. The summed E-state index contributed by atoms with van der Waals surface area (Å²) < 4.78 is 51.8. The molecule has 4 aromatic rings. The fourth-order valence-electron chi connectivity index (χ4n) is 5.72. The normalized spacial score (nSPS) is 15.2. The molecule has 11 heteroatoms. The fourth-order valence-corrected chi connectivity index (χ4v) is 5.72. The van der Waals surface area contributed by atoms with Crippen LogP contribution in [-0.4, -0.2) is 51.4 Å². The van der Waals surface area contributed by atoms with Gasteiger partial charge in [-0.2, -0.15) is 18.3 Å². The van der Waals surface area contributed by atoms with Gasteiger partial charge in [0.25, 0.3) is 11.8 Å². The van der Waals surface area contributed by atoms with Crippen LogP contribution in [0.2, 0.25) is 0 Å².